The molecule has 5 heteroatoms. The minimum Gasteiger partial charge on any atom is -0.392 e. The third-order valence-electron chi connectivity index (χ3n) is 4.90. The molecule has 2 unspecified atom stereocenters. The maximum atomic E-state index is 12.9. The van der Waals surface area contributed by atoms with Crippen molar-refractivity contribution in [2.75, 3.05) is 6.54 Å². The Balaban J connectivity index is 1.88. The van der Waals surface area contributed by atoms with Gasteiger partial charge in [-0.25, -0.2) is 8.42 Å². The predicted octanol–water partition coefficient (Wildman–Crippen LogP) is 2.52. The van der Waals surface area contributed by atoms with Crippen LogP contribution in [-0.2, 0) is 16.6 Å². The molecule has 1 heterocycles. The van der Waals surface area contributed by atoms with E-state index in [0.717, 1.165) is 24.8 Å². The summed E-state index contributed by atoms with van der Waals surface area (Å²) in [6.45, 7) is 0.583. The van der Waals surface area contributed by atoms with Crippen molar-refractivity contribution in [3.8, 4) is 0 Å². The number of aliphatic hydroxyl groups excluding tert-OH is 1. The molecule has 0 aromatic heterocycles. The molecule has 1 saturated heterocycles. The van der Waals surface area contributed by atoms with Gasteiger partial charge < -0.3 is 5.11 Å². The molecule has 0 amide bonds. The molecule has 2 fully saturated rings. The van der Waals surface area contributed by atoms with Crippen LogP contribution in [0.25, 0.3) is 0 Å². The Hall–Kier alpha value is -0.910. The van der Waals surface area contributed by atoms with Crippen LogP contribution in [0.1, 0.15) is 44.1 Å². The van der Waals surface area contributed by atoms with Gasteiger partial charge in [-0.2, -0.15) is 4.31 Å². The Morgan fingerprint density at radius 3 is 2.43 bits per heavy atom. The topological polar surface area (TPSA) is 57.6 Å². The van der Waals surface area contributed by atoms with Crippen molar-refractivity contribution >= 4 is 10.0 Å². The van der Waals surface area contributed by atoms with E-state index in [0.29, 0.717) is 17.4 Å². The zero-order valence-corrected chi connectivity index (χ0v) is 13.1. The first-order valence-electron chi connectivity index (χ1n) is 7.84. The van der Waals surface area contributed by atoms with E-state index in [1.165, 1.54) is 19.3 Å². The van der Waals surface area contributed by atoms with E-state index < -0.39 is 10.0 Å². The van der Waals surface area contributed by atoms with Crippen LogP contribution >= 0.6 is 0 Å². The summed E-state index contributed by atoms with van der Waals surface area (Å²) in [5.74, 6) is 0.541. The highest BCUT2D eigenvalue weighted by Gasteiger charge is 2.39. The Morgan fingerprint density at radius 1 is 1.05 bits per heavy atom. The smallest absolute Gasteiger partial charge is 0.243 e. The van der Waals surface area contributed by atoms with Gasteiger partial charge in [0.2, 0.25) is 10.0 Å². The minimum atomic E-state index is -3.41. The molecule has 1 aromatic rings. The van der Waals surface area contributed by atoms with Gasteiger partial charge in [0.05, 0.1) is 11.5 Å². The lowest BCUT2D eigenvalue weighted by molar-refractivity contribution is 0.129. The highest BCUT2D eigenvalue weighted by molar-refractivity contribution is 7.89. The molecule has 1 aliphatic heterocycles. The van der Waals surface area contributed by atoms with Crippen LogP contribution in [0.5, 0.6) is 0 Å². The number of piperidine rings is 1. The summed E-state index contributed by atoms with van der Waals surface area (Å²) in [6.07, 6.45) is 6.67. The molecule has 0 radical (unpaired) electrons. The van der Waals surface area contributed by atoms with Gasteiger partial charge in [0, 0.05) is 12.6 Å². The Kier molecular flexibility index (Phi) is 4.33. The van der Waals surface area contributed by atoms with Crippen molar-refractivity contribution in [2.24, 2.45) is 5.92 Å². The van der Waals surface area contributed by atoms with Crippen LogP contribution in [0.2, 0.25) is 0 Å². The molecular formula is C16H23NO3S. The molecule has 3 rings (SSSR count). The first-order chi connectivity index (χ1) is 10.1. The average Bonchev–Trinajstić information content (AvgIpc) is 2.54. The summed E-state index contributed by atoms with van der Waals surface area (Å²) in [5, 5.41) is 9.07. The molecule has 0 bridgehead atoms. The van der Waals surface area contributed by atoms with Gasteiger partial charge in [-0.3, -0.25) is 0 Å². The molecule has 116 valence electrons. The fourth-order valence-electron chi connectivity index (χ4n) is 3.78. The summed E-state index contributed by atoms with van der Waals surface area (Å²) in [6, 6.07) is 6.81. The molecule has 1 aromatic carbocycles. The maximum absolute atomic E-state index is 12.9. The van der Waals surface area contributed by atoms with Crippen molar-refractivity contribution < 1.29 is 13.5 Å². The fraction of sp³-hybridized carbons (Fsp3) is 0.625. The predicted molar refractivity (Wildman–Crippen MR) is 81.2 cm³/mol. The van der Waals surface area contributed by atoms with E-state index in [1.54, 1.807) is 28.6 Å². The van der Waals surface area contributed by atoms with Crippen molar-refractivity contribution in [3.05, 3.63) is 29.8 Å². The summed E-state index contributed by atoms with van der Waals surface area (Å²) in [5.41, 5.74) is 0.739. The van der Waals surface area contributed by atoms with E-state index in [2.05, 4.69) is 0 Å². The molecule has 1 aliphatic carbocycles. The standard InChI is InChI=1S/C16H23NO3S/c18-12-13-7-9-15(10-8-13)21(19,20)17-11-3-5-14-4-1-2-6-16(14)17/h7-10,14,16,18H,1-6,11-12H2. The molecule has 1 N–H and O–H groups in total. The largest absolute Gasteiger partial charge is 0.392 e. The third-order valence-corrected chi connectivity index (χ3v) is 6.84. The SMILES string of the molecule is O=S(=O)(c1ccc(CO)cc1)N1CCCC2CCCCC21. The van der Waals surface area contributed by atoms with Gasteiger partial charge >= 0.3 is 0 Å². The van der Waals surface area contributed by atoms with Gasteiger partial charge in [0.15, 0.2) is 0 Å². The van der Waals surface area contributed by atoms with Gasteiger partial charge in [0.25, 0.3) is 0 Å². The zero-order valence-electron chi connectivity index (χ0n) is 12.2. The van der Waals surface area contributed by atoms with E-state index in [1.807, 2.05) is 0 Å². The van der Waals surface area contributed by atoms with E-state index in [-0.39, 0.29) is 12.6 Å². The highest BCUT2D eigenvalue weighted by atomic mass is 32.2. The lowest BCUT2D eigenvalue weighted by Gasteiger charge is -2.43. The van der Waals surface area contributed by atoms with Crippen LogP contribution in [0, 0.1) is 5.92 Å². The lowest BCUT2D eigenvalue weighted by Crippen LogP contribution is -2.49. The average molecular weight is 309 g/mol. The monoisotopic (exact) mass is 309 g/mol. The maximum Gasteiger partial charge on any atom is 0.243 e. The Morgan fingerprint density at radius 2 is 1.71 bits per heavy atom. The third kappa shape index (κ3) is 2.87. The van der Waals surface area contributed by atoms with E-state index >= 15 is 0 Å². The first-order valence-corrected chi connectivity index (χ1v) is 9.28. The first kappa shape index (κ1) is 15.0. The molecule has 0 spiro atoms. The molecule has 4 nitrogen and oxygen atoms in total. The Bertz CT molecular complexity index is 580. The van der Waals surface area contributed by atoms with Crippen molar-refractivity contribution in [3.63, 3.8) is 0 Å². The number of benzene rings is 1. The van der Waals surface area contributed by atoms with Crippen molar-refractivity contribution in [1.29, 1.82) is 0 Å². The summed E-state index contributed by atoms with van der Waals surface area (Å²) >= 11 is 0. The number of hydrogen-bond acceptors (Lipinski definition) is 3. The van der Waals surface area contributed by atoms with E-state index in [9.17, 15) is 8.42 Å². The number of fused-ring (bicyclic) bond motifs is 1. The number of aliphatic hydroxyl groups is 1. The van der Waals surface area contributed by atoms with Gasteiger partial charge in [-0.1, -0.05) is 25.0 Å². The van der Waals surface area contributed by atoms with Crippen LogP contribution in [-0.4, -0.2) is 30.4 Å². The lowest BCUT2D eigenvalue weighted by atomic mass is 9.79. The quantitative estimate of drug-likeness (QED) is 0.933. The molecule has 1 saturated carbocycles. The van der Waals surface area contributed by atoms with Gasteiger partial charge in [-0.05, 0) is 49.3 Å². The molecule has 21 heavy (non-hydrogen) atoms. The zero-order chi connectivity index (χ0) is 14.9. The summed E-state index contributed by atoms with van der Waals surface area (Å²) in [4.78, 5) is 0.353. The van der Waals surface area contributed by atoms with Gasteiger partial charge in [0.1, 0.15) is 0 Å². The van der Waals surface area contributed by atoms with Crippen LogP contribution < -0.4 is 0 Å². The second-order valence-corrected chi connectivity index (χ2v) is 8.06. The van der Waals surface area contributed by atoms with Crippen LogP contribution in [0.4, 0.5) is 0 Å². The number of nitrogens with zero attached hydrogens (tertiary/aromatic N) is 1. The molecule has 2 aliphatic rings. The van der Waals surface area contributed by atoms with Crippen molar-refractivity contribution in [2.45, 2.75) is 56.1 Å². The highest BCUT2D eigenvalue weighted by Crippen LogP contribution is 2.37. The normalized spacial score (nSPS) is 27.3. The summed E-state index contributed by atoms with van der Waals surface area (Å²) < 4.78 is 27.6. The number of hydrogen-bond donors (Lipinski definition) is 1. The number of sulfonamides is 1. The van der Waals surface area contributed by atoms with Crippen LogP contribution in [0.3, 0.4) is 0 Å². The second kappa shape index (κ2) is 6.07. The Labute approximate surface area is 126 Å². The summed E-state index contributed by atoms with van der Waals surface area (Å²) in [7, 11) is -3.41. The molecular weight excluding hydrogens is 286 g/mol. The second-order valence-electron chi connectivity index (χ2n) is 6.17. The number of rotatable bonds is 3. The molecule has 2 atom stereocenters. The van der Waals surface area contributed by atoms with Crippen molar-refractivity contribution in [1.82, 2.24) is 4.31 Å². The van der Waals surface area contributed by atoms with Crippen LogP contribution in [0.15, 0.2) is 29.2 Å². The van der Waals surface area contributed by atoms with E-state index in [4.69, 9.17) is 5.11 Å². The van der Waals surface area contributed by atoms with Gasteiger partial charge in [-0.15, -0.1) is 0 Å². The minimum absolute atomic E-state index is 0.0608. The fourth-order valence-corrected chi connectivity index (χ4v) is 5.53.